The standard InChI is InChI=1S/C19H22NO4S2/c1-20(2)12-9-11(10-13(20)17-16(12)24-17)23-18(21)19(22,14-5-3-7-25-14)15-6-4-8-26-15/h3-8,11-13,16-17,22H,9-10H2,1-2H3/q+1/i3D,4D,5D,6D,7D,8D,11D,12D,13D,16D,17D. The van der Waals surface area contributed by atoms with Gasteiger partial charge in [-0.3, -0.25) is 0 Å². The molecular weight excluding hydrogens is 370 g/mol. The Morgan fingerprint density at radius 3 is 2.27 bits per heavy atom. The molecule has 0 aliphatic carbocycles. The molecule has 2 aromatic rings. The summed E-state index contributed by atoms with van der Waals surface area (Å²) >= 11 is 0.794. The summed E-state index contributed by atoms with van der Waals surface area (Å²) in [6.45, 7) is 0. The number of esters is 1. The summed E-state index contributed by atoms with van der Waals surface area (Å²) < 4.78 is 102. The molecule has 4 atom stereocenters. The lowest BCUT2D eigenvalue weighted by molar-refractivity contribution is -0.938. The fraction of sp³-hybridized carbons (Fsp3) is 0.526. The number of fused-ring (bicyclic) bond motifs is 5. The van der Waals surface area contributed by atoms with E-state index >= 15 is 0 Å². The molecule has 5 rings (SSSR count). The van der Waals surface area contributed by atoms with E-state index in [0.29, 0.717) is 22.7 Å². The predicted octanol–water partition coefficient (Wildman–Crippen LogP) is 2.35. The monoisotopic (exact) mass is 403 g/mol. The number of piperidine rings is 1. The third-order valence-corrected chi connectivity index (χ3v) is 6.53. The molecule has 3 fully saturated rings. The van der Waals surface area contributed by atoms with E-state index in [1.165, 1.54) is 14.1 Å². The predicted molar refractivity (Wildman–Crippen MR) is 99.1 cm³/mol. The van der Waals surface area contributed by atoms with Crippen LogP contribution in [0.25, 0.3) is 0 Å². The van der Waals surface area contributed by atoms with Gasteiger partial charge in [0.05, 0.1) is 38.9 Å². The molecule has 5 nitrogen and oxygen atoms in total. The number of hydrogen-bond donors (Lipinski definition) is 1. The third-order valence-electron chi connectivity index (χ3n) is 4.92. The van der Waals surface area contributed by atoms with Gasteiger partial charge in [0.1, 0.15) is 30.3 Å². The van der Waals surface area contributed by atoms with Crippen LogP contribution in [0.4, 0.5) is 0 Å². The van der Waals surface area contributed by atoms with E-state index in [1.54, 1.807) is 0 Å². The number of likely N-dealkylation sites (N-methyl/N-ethyl adjacent to an activating group) is 1. The number of thiophene rings is 2. The van der Waals surface area contributed by atoms with Gasteiger partial charge in [0.15, 0.2) is 0 Å². The highest BCUT2D eigenvalue weighted by molar-refractivity contribution is 7.12. The molecule has 7 heteroatoms. The van der Waals surface area contributed by atoms with Crippen molar-refractivity contribution in [1.82, 2.24) is 0 Å². The fourth-order valence-electron chi connectivity index (χ4n) is 3.38. The third kappa shape index (κ3) is 2.28. The van der Waals surface area contributed by atoms with Gasteiger partial charge in [0.25, 0.3) is 0 Å². The van der Waals surface area contributed by atoms with Crippen molar-refractivity contribution in [3.8, 4) is 0 Å². The quantitative estimate of drug-likeness (QED) is 0.484. The smallest absolute Gasteiger partial charge is 0.349 e. The zero-order valence-corrected chi connectivity index (χ0v) is 15.5. The molecule has 2 bridgehead atoms. The van der Waals surface area contributed by atoms with Gasteiger partial charge in [-0.2, -0.15) is 0 Å². The molecule has 0 amide bonds. The van der Waals surface area contributed by atoms with Crippen LogP contribution >= 0.6 is 22.7 Å². The number of ether oxygens (including phenoxy) is 2. The first-order valence-electron chi connectivity index (χ1n) is 13.3. The van der Waals surface area contributed by atoms with Crippen LogP contribution in [0, 0.1) is 0 Å². The van der Waals surface area contributed by atoms with Crippen molar-refractivity contribution in [3.05, 3.63) is 44.6 Å². The Morgan fingerprint density at radius 1 is 1.27 bits per heavy atom. The van der Waals surface area contributed by atoms with Crippen LogP contribution in [-0.2, 0) is 19.9 Å². The van der Waals surface area contributed by atoms with Gasteiger partial charge in [0.2, 0.25) is 5.60 Å². The van der Waals surface area contributed by atoms with Gasteiger partial charge in [-0.25, -0.2) is 4.79 Å². The first kappa shape index (κ1) is 8.84. The Hall–Kier alpha value is -1.25. The van der Waals surface area contributed by atoms with E-state index in [0.717, 1.165) is 0 Å². The maximum absolute atomic E-state index is 13.7. The Kier molecular flexibility index (Phi) is 1.91. The van der Waals surface area contributed by atoms with Crippen LogP contribution in [0.15, 0.2) is 34.9 Å². The van der Waals surface area contributed by atoms with Crippen LogP contribution in [0.1, 0.15) is 37.7 Å². The minimum Gasteiger partial charge on any atom is -0.459 e. The van der Waals surface area contributed by atoms with Crippen LogP contribution in [0.2, 0.25) is 0 Å². The summed E-state index contributed by atoms with van der Waals surface area (Å²) in [7, 11) is 2.93. The second-order valence-corrected chi connectivity index (χ2v) is 8.30. The highest BCUT2D eigenvalue weighted by Gasteiger charge is 2.71. The molecule has 2 aromatic heterocycles. The van der Waals surface area contributed by atoms with E-state index in [4.69, 9.17) is 24.6 Å². The Bertz CT molecular complexity index is 1300. The average Bonchev–Trinajstić information content (AvgIpc) is 3.17. The summed E-state index contributed by atoms with van der Waals surface area (Å²) in [6, 6.07) is -6.82. The summed E-state index contributed by atoms with van der Waals surface area (Å²) in [5.41, 5.74) is -3.04. The lowest BCUT2D eigenvalue weighted by atomic mass is 9.95. The van der Waals surface area contributed by atoms with Crippen molar-refractivity contribution in [2.45, 2.75) is 48.7 Å². The fourth-order valence-corrected chi connectivity index (χ4v) is 4.73. The van der Waals surface area contributed by atoms with Crippen molar-refractivity contribution in [1.29, 1.82) is 0 Å². The number of hydrogen-bond acceptors (Lipinski definition) is 6. The number of carbonyl (C=O) groups excluding carboxylic acids is 1. The molecule has 138 valence electrons. The zero-order chi connectivity index (χ0) is 27.9. The van der Waals surface area contributed by atoms with Gasteiger partial charge >= 0.3 is 5.97 Å². The van der Waals surface area contributed by atoms with Crippen molar-refractivity contribution in [3.63, 3.8) is 0 Å². The summed E-state index contributed by atoms with van der Waals surface area (Å²) in [6.07, 6.45) is -8.11. The molecule has 3 aliphatic rings. The number of morpholine rings is 1. The second kappa shape index (κ2) is 5.62. The van der Waals surface area contributed by atoms with E-state index in [2.05, 4.69) is 0 Å². The number of rotatable bonds is 4. The number of carbonyl (C=O) groups is 1. The van der Waals surface area contributed by atoms with E-state index in [1.807, 2.05) is 0 Å². The minimum absolute atomic E-state index is 0.397. The van der Waals surface area contributed by atoms with Gasteiger partial charge in [-0.05, 0) is 22.8 Å². The Morgan fingerprint density at radius 2 is 1.81 bits per heavy atom. The van der Waals surface area contributed by atoms with Crippen molar-refractivity contribution in [2.24, 2.45) is 0 Å². The Labute approximate surface area is 175 Å². The van der Waals surface area contributed by atoms with Crippen LogP contribution in [-0.4, -0.2) is 59.9 Å². The van der Waals surface area contributed by atoms with Crippen molar-refractivity contribution < 1.29 is 38.9 Å². The van der Waals surface area contributed by atoms with E-state index in [-0.39, 0.29) is 0 Å². The minimum atomic E-state index is -3.04. The number of quaternary nitrogens is 1. The molecule has 26 heavy (non-hydrogen) atoms. The van der Waals surface area contributed by atoms with Gasteiger partial charge in [-0.15, -0.1) is 22.7 Å². The summed E-state index contributed by atoms with van der Waals surface area (Å²) in [5, 5.41) is 10.8. The van der Waals surface area contributed by atoms with E-state index in [9.17, 15) is 9.90 Å². The molecule has 4 unspecified atom stereocenters. The summed E-state index contributed by atoms with van der Waals surface area (Å²) in [4.78, 5) is 12.6. The van der Waals surface area contributed by atoms with Gasteiger partial charge in [0, 0.05) is 12.8 Å². The first-order chi connectivity index (χ1) is 16.7. The Balaban J connectivity index is 1.62. The van der Waals surface area contributed by atoms with Crippen molar-refractivity contribution in [2.75, 3.05) is 14.1 Å². The molecule has 0 saturated carbocycles. The lowest BCUT2D eigenvalue weighted by Gasteiger charge is -2.45. The molecule has 0 radical (unpaired) electrons. The number of epoxide rings is 1. The molecule has 1 N–H and O–H groups in total. The molecule has 0 spiro atoms. The molecule has 5 heterocycles. The SMILES string of the molecule is [2H]c1sc(C(O)(C(=O)OC2([2H])CC3([2H])C4([2H])OC4([2H])C([2H])(C2)[N+]3(C)C)c2sc([2H])c([2H])c2[2H])c([2H])c1[2H]. The first-order valence-corrected chi connectivity index (χ1v) is 9.45. The molecule has 3 aliphatic heterocycles. The van der Waals surface area contributed by atoms with Gasteiger partial charge < -0.3 is 19.1 Å². The topological polar surface area (TPSA) is 59.1 Å². The van der Waals surface area contributed by atoms with Crippen molar-refractivity contribution >= 4 is 28.6 Å². The van der Waals surface area contributed by atoms with E-state index < -0.39 is 104 Å². The van der Waals surface area contributed by atoms with Crippen LogP contribution in [0.3, 0.4) is 0 Å². The maximum atomic E-state index is 13.7. The molecule has 0 aromatic carbocycles. The van der Waals surface area contributed by atoms with Crippen LogP contribution < -0.4 is 0 Å². The molecule has 3 saturated heterocycles. The largest absolute Gasteiger partial charge is 0.459 e. The zero-order valence-electron chi connectivity index (χ0n) is 24.8. The maximum Gasteiger partial charge on any atom is 0.349 e. The highest BCUT2D eigenvalue weighted by Crippen LogP contribution is 2.52. The lowest BCUT2D eigenvalue weighted by Crippen LogP contribution is -2.60. The second-order valence-electron chi connectivity index (χ2n) is 6.67. The summed E-state index contributed by atoms with van der Waals surface area (Å²) in [5.74, 6) is -1.61. The highest BCUT2D eigenvalue weighted by atomic mass is 32.1. The average molecular weight is 404 g/mol. The normalized spacial score (nSPS) is 54.5. The van der Waals surface area contributed by atoms with Crippen LogP contribution in [0.5, 0.6) is 0 Å². The number of aliphatic hydroxyl groups is 1. The number of nitrogens with zero attached hydrogens (tertiary/aromatic N) is 1. The van der Waals surface area contributed by atoms with Gasteiger partial charge in [-0.1, -0.05) is 12.1 Å². The molecular formula is C19H22NO4S2+.